The van der Waals surface area contributed by atoms with Gasteiger partial charge in [-0.15, -0.1) is 0 Å². The van der Waals surface area contributed by atoms with Crippen molar-refractivity contribution in [2.45, 2.75) is 32.2 Å². The second-order valence-electron chi connectivity index (χ2n) is 3.08. The minimum atomic E-state index is 0.101. The Morgan fingerprint density at radius 3 is 3.00 bits per heavy atom. The largest absolute Gasteiger partial charge is 0.324 e. The fraction of sp³-hybridized carbons (Fsp3) is 0.667. The molecule has 0 aliphatic heterocycles. The lowest BCUT2D eigenvalue weighted by molar-refractivity contribution is -0.122. The first kappa shape index (κ1) is 8.47. The topological polar surface area (TPSA) is 43.1 Å². The summed E-state index contributed by atoms with van der Waals surface area (Å²) in [5.41, 5.74) is 5.68. The summed E-state index contributed by atoms with van der Waals surface area (Å²) in [6.45, 7) is 1.91. The molecule has 2 heteroatoms. The molecular formula is C9H15NO. The van der Waals surface area contributed by atoms with E-state index >= 15 is 0 Å². The van der Waals surface area contributed by atoms with E-state index in [0.29, 0.717) is 12.2 Å². The van der Waals surface area contributed by atoms with E-state index in [9.17, 15) is 4.79 Å². The number of allylic oxidation sites excluding steroid dienone is 1. The molecule has 1 aliphatic rings. The number of ketones is 1. The van der Waals surface area contributed by atoms with Gasteiger partial charge in [-0.25, -0.2) is 0 Å². The molecule has 0 saturated heterocycles. The Kier molecular flexibility index (Phi) is 2.83. The Morgan fingerprint density at radius 2 is 2.45 bits per heavy atom. The van der Waals surface area contributed by atoms with Crippen molar-refractivity contribution in [3.05, 3.63) is 12.2 Å². The lowest BCUT2D eigenvalue weighted by atomic mass is 9.87. The summed E-state index contributed by atoms with van der Waals surface area (Å²) in [6, 6.07) is 0.101. The summed E-state index contributed by atoms with van der Waals surface area (Å²) in [6.07, 6.45) is 6.38. The van der Waals surface area contributed by atoms with E-state index < -0.39 is 0 Å². The van der Waals surface area contributed by atoms with Gasteiger partial charge in [0.25, 0.3) is 0 Å². The van der Waals surface area contributed by atoms with E-state index in [1.165, 1.54) is 0 Å². The van der Waals surface area contributed by atoms with Crippen LogP contribution in [0.15, 0.2) is 12.2 Å². The number of hydrogen-bond donors (Lipinski definition) is 1. The van der Waals surface area contributed by atoms with E-state index in [4.69, 9.17) is 5.73 Å². The van der Waals surface area contributed by atoms with Gasteiger partial charge in [0.15, 0.2) is 0 Å². The highest BCUT2D eigenvalue weighted by Crippen LogP contribution is 2.19. The van der Waals surface area contributed by atoms with Crippen LogP contribution >= 0.6 is 0 Å². The van der Waals surface area contributed by atoms with Gasteiger partial charge >= 0.3 is 0 Å². The predicted octanol–water partition coefficient (Wildman–Crippen LogP) is 1.26. The van der Waals surface area contributed by atoms with Crippen LogP contribution < -0.4 is 5.73 Å². The molecule has 1 aliphatic carbocycles. The van der Waals surface area contributed by atoms with Crippen molar-refractivity contribution in [3.63, 3.8) is 0 Å². The van der Waals surface area contributed by atoms with Gasteiger partial charge in [-0.05, 0) is 12.8 Å². The summed E-state index contributed by atoms with van der Waals surface area (Å²) in [4.78, 5) is 11.2. The van der Waals surface area contributed by atoms with Gasteiger partial charge in [-0.2, -0.15) is 0 Å². The highest BCUT2D eigenvalue weighted by atomic mass is 16.1. The fourth-order valence-corrected chi connectivity index (χ4v) is 1.47. The fourth-order valence-electron chi connectivity index (χ4n) is 1.47. The Bertz CT molecular complexity index is 174. The normalized spacial score (nSPS) is 30.4. The molecule has 0 saturated carbocycles. The van der Waals surface area contributed by atoms with Gasteiger partial charge in [0.05, 0.1) is 0 Å². The van der Waals surface area contributed by atoms with Gasteiger partial charge in [0.2, 0.25) is 0 Å². The highest BCUT2D eigenvalue weighted by molar-refractivity contribution is 5.81. The average molecular weight is 153 g/mol. The molecule has 0 aromatic rings. The average Bonchev–Trinajstić information content (AvgIpc) is 2.03. The molecule has 0 spiro atoms. The van der Waals surface area contributed by atoms with E-state index in [1.54, 1.807) is 0 Å². The molecule has 2 nitrogen and oxygen atoms in total. The number of hydrogen-bond acceptors (Lipinski definition) is 2. The SMILES string of the molecule is CCC(=O)[C@H]1CC=C[C@H](N)C1. The van der Waals surface area contributed by atoms with E-state index in [-0.39, 0.29) is 12.0 Å². The van der Waals surface area contributed by atoms with Crippen LogP contribution in [-0.2, 0) is 4.79 Å². The molecule has 0 bridgehead atoms. The van der Waals surface area contributed by atoms with Gasteiger partial charge < -0.3 is 5.73 Å². The number of carbonyl (C=O) groups excluding carboxylic acids is 1. The van der Waals surface area contributed by atoms with Crippen LogP contribution in [0.5, 0.6) is 0 Å². The number of nitrogens with two attached hydrogens (primary N) is 1. The lowest BCUT2D eigenvalue weighted by Gasteiger charge is -2.20. The van der Waals surface area contributed by atoms with Gasteiger partial charge in [-0.1, -0.05) is 19.1 Å². The molecular weight excluding hydrogens is 138 g/mol. The zero-order valence-electron chi connectivity index (χ0n) is 6.92. The Balaban J connectivity index is 2.49. The van der Waals surface area contributed by atoms with Gasteiger partial charge in [0, 0.05) is 18.4 Å². The van der Waals surface area contributed by atoms with Crippen molar-refractivity contribution in [1.82, 2.24) is 0 Å². The zero-order chi connectivity index (χ0) is 8.27. The van der Waals surface area contributed by atoms with E-state index in [2.05, 4.69) is 0 Å². The lowest BCUT2D eigenvalue weighted by Crippen LogP contribution is -2.28. The van der Waals surface area contributed by atoms with Crippen molar-refractivity contribution >= 4 is 5.78 Å². The van der Waals surface area contributed by atoms with Crippen molar-refractivity contribution < 1.29 is 4.79 Å². The third-order valence-electron chi connectivity index (χ3n) is 2.16. The third kappa shape index (κ3) is 2.15. The molecule has 2 N–H and O–H groups in total. The quantitative estimate of drug-likeness (QED) is 0.607. The van der Waals surface area contributed by atoms with Gasteiger partial charge in [-0.3, -0.25) is 4.79 Å². The first-order valence-corrected chi connectivity index (χ1v) is 4.19. The summed E-state index contributed by atoms with van der Waals surface area (Å²) in [7, 11) is 0. The molecule has 0 fully saturated rings. The van der Waals surface area contributed by atoms with Crippen LogP contribution in [0.25, 0.3) is 0 Å². The maximum absolute atomic E-state index is 11.2. The molecule has 11 heavy (non-hydrogen) atoms. The first-order valence-electron chi connectivity index (χ1n) is 4.19. The molecule has 0 radical (unpaired) electrons. The third-order valence-corrected chi connectivity index (χ3v) is 2.16. The zero-order valence-corrected chi connectivity index (χ0v) is 6.92. The first-order chi connectivity index (χ1) is 5.24. The number of Topliss-reactive ketones (excluding diaryl/α,β-unsaturated/α-hetero) is 1. The minimum absolute atomic E-state index is 0.101. The Labute approximate surface area is 67.5 Å². The van der Waals surface area contributed by atoms with E-state index in [1.807, 2.05) is 19.1 Å². The maximum atomic E-state index is 11.2. The predicted molar refractivity (Wildman–Crippen MR) is 45.1 cm³/mol. The molecule has 0 aromatic carbocycles. The Hall–Kier alpha value is -0.630. The van der Waals surface area contributed by atoms with Crippen molar-refractivity contribution in [3.8, 4) is 0 Å². The smallest absolute Gasteiger partial charge is 0.136 e. The van der Waals surface area contributed by atoms with Crippen molar-refractivity contribution in [2.75, 3.05) is 0 Å². The molecule has 0 unspecified atom stereocenters. The van der Waals surface area contributed by atoms with Crippen LogP contribution in [0.4, 0.5) is 0 Å². The molecule has 62 valence electrons. The van der Waals surface area contributed by atoms with Crippen LogP contribution in [0.3, 0.4) is 0 Å². The Morgan fingerprint density at radius 1 is 1.73 bits per heavy atom. The van der Waals surface area contributed by atoms with Crippen molar-refractivity contribution in [1.29, 1.82) is 0 Å². The van der Waals surface area contributed by atoms with Crippen LogP contribution in [0.1, 0.15) is 26.2 Å². The standard InChI is InChI=1S/C9H15NO/c1-2-9(11)7-4-3-5-8(10)6-7/h3,5,7-8H,2,4,6,10H2,1H3/t7-,8-/m0/s1. The van der Waals surface area contributed by atoms with Crippen LogP contribution in [0.2, 0.25) is 0 Å². The summed E-state index contributed by atoms with van der Waals surface area (Å²) in [5, 5.41) is 0. The van der Waals surface area contributed by atoms with Gasteiger partial charge in [0.1, 0.15) is 5.78 Å². The summed E-state index contributed by atoms with van der Waals surface area (Å²) in [5.74, 6) is 0.546. The summed E-state index contributed by atoms with van der Waals surface area (Å²) >= 11 is 0. The molecule has 0 amide bonds. The molecule has 0 aromatic heterocycles. The second-order valence-corrected chi connectivity index (χ2v) is 3.08. The molecule has 0 heterocycles. The molecule has 2 atom stereocenters. The number of rotatable bonds is 2. The van der Waals surface area contributed by atoms with Crippen molar-refractivity contribution in [2.24, 2.45) is 11.7 Å². The van der Waals surface area contributed by atoms with E-state index in [0.717, 1.165) is 12.8 Å². The van der Waals surface area contributed by atoms with Crippen LogP contribution in [-0.4, -0.2) is 11.8 Å². The molecule has 1 rings (SSSR count). The minimum Gasteiger partial charge on any atom is -0.324 e. The maximum Gasteiger partial charge on any atom is 0.136 e. The monoisotopic (exact) mass is 153 g/mol. The van der Waals surface area contributed by atoms with Crippen LogP contribution in [0, 0.1) is 5.92 Å². The second kappa shape index (κ2) is 3.67. The highest BCUT2D eigenvalue weighted by Gasteiger charge is 2.20. The summed E-state index contributed by atoms with van der Waals surface area (Å²) < 4.78 is 0. The number of carbonyl (C=O) groups is 1.